The fourth-order valence-electron chi connectivity index (χ4n) is 4.06. The van der Waals surface area contributed by atoms with Gasteiger partial charge in [-0.05, 0) is 48.9 Å². The van der Waals surface area contributed by atoms with Crippen LogP contribution in [-0.2, 0) is 0 Å². The largest absolute Gasteiger partial charge is 0.437 e. The van der Waals surface area contributed by atoms with Crippen LogP contribution in [0.4, 0.5) is 0 Å². The van der Waals surface area contributed by atoms with Gasteiger partial charge < -0.3 is 4.42 Å². The zero-order valence-corrected chi connectivity index (χ0v) is 16.3. The number of rotatable bonds is 2. The van der Waals surface area contributed by atoms with Crippen LogP contribution in [0.2, 0.25) is 0 Å². The molecule has 2 aromatic carbocycles. The van der Waals surface area contributed by atoms with Crippen molar-refractivity contribution in [2.24, 2.45) is 0 Å². The van der Waals surface area contributed by atoms with Crippen molar-refractivity contribution >= 4 is 33.0 Å². The van der Waals surface area contributed by atoms with Gasteiger partial charge in [0.05, 0.1) is 11.2 Å². The molecule has 142 valence electrons. The summed E-state index contributed by atoms with van der Waals surface area (Å²) in [6.45, 7) is 1.97. The maximum absolute atomic E-state index is 6.17. The lowest BCUT2D eigenvalue weighted by Gasteiger charge is -2.08. The highest BCUT2D eigenvalue weighted by molar-refractivity contribution is 6.08. The van der Waals surface area contributed by atoms with Crippen molar-refractivity contribution in [1.29, 1.82) is 0 Å². The molecule has 6 aromatic rings. The molecular weight excluding hydrogens is 370 g/mol. The predicted molar refractivity (Wildman–Crippen MR) is 120 cm³/mol. The van der Waals surface area contributed by atoms with Crippen LogP contribution >= 0.6 is 0 Å². The van der Waals surface area contributed by atoms with E-state index in [2.05, 4.69) is 57.4 Å². The molecule has 0 fully saturated rings. The van der Waals surface area contributed by atoms with Crippen molar-refractivity contribution in [1.82, 2.24) is 15.0 Å². The van der Waals surface area contributed by atoms with E-state index in [9.17, 15) is 0 Å². The fraction of sp³-hybridized carbons (Fsp3) is 0.0385. The molecule has 0 spiro atoms. The molecule has 0 saturated heterocycles. The maximum atomic E-state index is 6.17. The van der Waals surface area contributed by atoms with E-state index in [1.165, 1.54) is 0 Å². The number of benzene rings is 2. The van der Waals surface area contributed by atoms with E-state index in [4.69, 9.17) is 4.42 Å². The Morgan fingerprint density at radius 1 is 0.733 bits per heavy atom. The van der Waals surface area contributed by atoms with Gasteiger partial charge in [-0.3, -0.25) is 9.97 Å². The molecule has 0 aliphatic rings. The minimum Gasteiger partial charge on any atom is -0.437 e. The monoisotopic (exact) mass is 387 g/mol. The van der Waals surface area contributed by atoms with E-state index in [1.54, 1.807) is 0 Å². The molecule has 0 bridgehead atoms. The minimum atomic E-state index is 0.659. The molecular formula is C26H17N3O. The molecule has 0 saturated carbocycles. The first-order valence-corrected chi connectivity index (χ1v) is 9.87. The summed E-state index contributed by atoms with van der Waals surface area (Å²) in [6, 6.07) is 24.6. The Kier molecular flexibility index (Phi) is 3.65. The summed E-state index contributed by atoms with van der Waals surface area (Å²) in [4.78, 5) is 13.8. The summed E-state index contributed by atoms with van der Waals surface area (Å²) in [7, 11) is 0. The Bertz CT molecular complexity index is 1560. The molecule has 30 heavy (non-hydrogen) atoms. The number of aromatic nitrogens is 3. The van der Waals surface area contributed by atoms with E-state index < -0.39 is 0 Å². The molecule has 4 aromatic heterocycles. The van der Waals surface area contributed by atoms with E-state index in [1.807, 2.05) is 49.6 Å². The third-order valence-electron chi connectivity index (χ3n) is 5.48. The SMILES string of the molecule is Cc1ccc2c(n1)oc1c(-c3cc(-c4cccc5cccnc45)ccn3)cccc12. The van der Waals surface area contributed by atoms with Crippen LogP contribution in [0.15, 0.2) is 89.6 Å². The highest BCUT2D eigenvalue weighted by atomic mass is 16.3. The number of fused-ring (bicyclic) bond motifs is 4. The topological polar surface area (TPSA) is 51.8 Å². The molecule has 0 amide bonds. The van der Waals surface area contributed by atoms with Crippen molar-refractivity contribution in [3.05, 3.63) is 90.9 Å². The Hall–Kier alpha value is -4.05. The van der Waals surface area contributed by atoms with Crippen LogP contribution < -0.4 is 0 Å². The molecule has 0 radical (unpaired) electrons. The first-order chi connectivity index (χ1) is 14.8. The highest BCUT2D eigenvalue weighted by Gasteiger charge is 2.15. The van der Waals surface area contributed by atoms with Gasteiger partial charge >= 0.3 is 0 Å². The fourth-order valence-corrected chi connectivity index (χ4v) is 4.06. The number of hydrogen-bond acceptors (Lipinski definition) is 4. The molecule has 4 nitrogen and oxygen atoms in total. The average molecular weight is 387 g/mol. The number of aryl methyl sites for hydroxylation is 1. The van der Waals surface area contributed by atoms with Crippen molar-refractivity contribution in [3.8, 4) is 22.4 Å². The van der Waals surface area contributed by atoms with E-state index in [0.29, 0.717) is 5.71 Å². The van der Waals surface area contributed by atoms with Gasteiger partial charge in [0.2, 0.25) is 5.71 Å². The molecule has 4 heteroatoms. The third-order valence-corrected chi connectivity index (χ3v) is 5.48. The second-order valence-electron chi connectivity index (χ2n) is 7.40. The normalized spacial score (nSPS) is 11.5. The van der Waals surface area contributed by atoms with Crippen molar-refractivity contribution in [2.75, 3.05) is 0 Å². The van der Waals surface area contributed by atoms with Gasteiger partial charge in [-0.2, -0.15) is 0 Å². The lowest BCUT2D eigenvalue weighted by atomic mass is 10.00. The number of nitrogens with zero attached hydrogens (tertiary/aromatic N) is 3. The maximum Gasteiger partial charge on any atom is 0.227 e. The van der Waals surface area contributed by atoms with Gasteiger partial charge in [-0.15, -0.1) is 0 Å². The summed E-state index contributed by atoms with van der Waals surface area (Å²) in [5.41, 5.74) is 7.38. The van der Waals surface area contributed by atoms with E-state index in [-0.39, 0.29) is 0 Å². The van der Waals surface area contributed by atoms with Crippen molar-refractivity contribution in [3.63, 3.8) is 0 Å². The van der Waals surface area contributed by atoms with Crippen molar-refractivity contribution in [2.45, 2.75) is 6.92 Å². The second-order valence-corrected chi connectivity index (χ2v) is 7.40. The van der Waals surface area contributed by atoms with Gasteiger partial charge in [-0.25, -0.2) is 4.98 Å². The minimum absolute atomic E-state index is 0.659. The van der Waals surface area contributed by atoms with Crippen LogP contribution in [-0.4, -0.2) is 15.0 Å². The van der Waals surface area contributed by atoms with Crippen LogP contribution in [0, 0.1) is 6.92 Å². The Morgan fingerprint density at radius 2 is 1.60 bits per heavy atom. The van der Waals surface area contributed by atoms with Gasteiger partial charge in [0.25, 0.3) is 0 Å². The lowest BCUT2D eigenvalue weighted by Crippen LogP contribution is -1.88. The molecule has 0 atom stereocenters. The number of pyridine rings is 3. The molecule has 0 unspecified atom stereocenters. The molecule has 4 heterocycles. The number of hydrogen-bond donors (Lipinski definition) is 0. The molecule has 0 aliphatic heterocycles. The Labute approximate surface area is 172 Å². The van der Waals surface area contributed by atoms with Gasteiger partial charge in [0.15, 0.2) is 0 Å². The van der Waals surface area contributed by atoms with Gasteiger partial charge in [0.1, 0.15) is 5.58 Å². The first kappa shape index (κ1) is 16.9. The predicted octanol–water partition coefficient (Wildman–Crippen LogP) is 6.57. The molecule has 0 aliphatic carbocycles. The summed E-state index contributed by atoms with van der Waals surface area (Å²) < 4.78 is 6.17. The Balaban J connectivity index is 1.57. The molecule has 6 rings (SSSR count). The molecule has 0 N–H and O–H groups in total. The smallest absolute Gasteiger partial charge is 0.227 e. The average Bonchev–Trinajstić information content (AvgIpc) is 3.16. The summed E-state index contributed by atoms with van der Waals surface area (Å²) in [6.07, 6.45) is 3.67. The summed E-state index contributed by atoms with van der Waals surface area (Å²) in [5.74, 6) is 0. The van der Waals surface area contributed by atoms with Crippen LogP contribution in [0.5, 0.6) is 0 Å². The summed E-state index contributed by atoms with van der Waals surface area (Å²) in [5, 5.41) is 3.19. The first-order valence-electron chi connectivity index (χ1n) is 9.87. The van der Waals surface area contributed by atoms with Crippen LogP contribution in [0.3, 0.4) is 0 Å². The van der Waals surface area contributed by atoms with E-state index >= 15 is 0 Å². The van der Waals surface area contributed by atoms with E-state index in [0.717, 1.165) is 55.3 Å². The zero-order valence-electron chi connectivity index (χ0n) is 16.3. The zero-order chi connectivity index (χ0) is 20.1. The summed E-state index contributed by atoms with van der Waals surface area (Å²) >= 11 is 0. The standard InChI is InChI=1S/C26H17N3O/c1-16-10-11-21-20-8-3-9-22(25(20)30-26(21)29-16)23-15-18(12-14-27-23)19-7-2-5-17-6-4-13-28-24(17)19/h2-15H,1H3. The quantitative estimate of drug-likeness (QED) is 0.337. The van der Waals surface area contributed by atoms with Gasteiger partial charge in [-0.1, -0.05) is 36.4 Å². The second kappa shape index (κ2) is 6.49. The number of furan rings is 1. The van der Waals surface area contributed by atoms with Gasteiger partial charge in [0, 0.05) is 45.4 Å². The lowest BCUT2D eigenvalue weighted by molar-refractivity contribution is 0.653. The number of para-hydroxylation sites is 2. The van der Waals surface area contributed by atoms with Crippen molar-refractivity contribution < 1.29 is 4.42 Å². The highest BCUT2D eigenvalue weighted by Crippen LogP contribution is 2.36. The Morgan fingerprint density at radius 3 is 2.57 bits per heavy atom. The van der Waals surface area contributed by atoms with Crippen LogP contribution in [0.1, 0.15) is 5.69 Å². The van der Waals surface area contributed by atoms with Crippen LogP contribution in [0.25, 0.3) is 55.4 Å². The third kappa shape index (κ3) is 2.58.